The number of rotatable bonds is 3. The lowest BCUT2D eigenvalue weighted by Gasteiger charge is -2.09. The minimum absolute atomic E-state index is 0.213. The summed E-state index contributed by atoms with van der Waals surface area (Å²) < 4.78 is 10.5. The first-order valence-corrected chi connectivity index (χ1v) is 8.00. The van der Waals surface area contributed by atoms with Gasteiger partial charge in [0.05, 0.1) is 17.1 Å². The Labute approximate surface area is 141 Å². The minimum atomic E-state index is -0.425. The lowest BCUT2D eigenvalue weighted by Crippen LogP contribution is -2.21. The normalized spacial score (nSPS) is 19.5. The second kappa shape index (κ2) is 5.72. The number of nitrogens with zero attached hydrogens (tertiary/aromatic N) is 4. The molecule has 0 radical (unpaired) electrons. The fourth-order valence-corrected chi connectivity index (χ4v) is 3.71. The maximum atomic E-state index is 11.9. The molecule has 120 valence electrons. The van der Waals surface area contributed by atoms with Crippen LogP contribution < -0.4 is 4.74 Å². The van der Waals surface area contributed by atoms with E-state index in [0.717, 1.165) is 21.8 Å². The van der Waals surface area contributed by atoms with Gasteiger partial charge in [-0.25, -0.2) is 9.98 Å². The molecule has 0 fully saturated rings. The number of fused-ring (bicyclic) bond motifs is 1. The molecule has 0 spiro atoms. The number of carbonyl (C=O) groups excluding carboxylic acids is 1. The van der Waals surface area contributed by atoms with E-state index < -0.39 is 5.92 Å². The van der Waals surface area contributed by atoms with Crippen molar-refractivity contribution in [1.29, 1.82) is 0 Å². The first-order chi connectivity index (χ1) is 11.7. The highest BCUT2D eigenvalue weighted by atomic mass is 32.2. The summed E-state index contributed by atoms with van der Waals surface area (Å²) in [6.45, 7) is 1.87. The summed E-state index contributed by atoms with van der Waals surface area (Å²) in [7, 11) is 1.61. The topological polar surface area (TPSA) is 89.9 Å². The molecule has 0 saturated carbocycles. The van der Waals surface area contributed by atoms with Crippen LogP contribution in [0.5, 0.6) is 5.75 Å². The number of thioether (sulfide) groups is 1. The molecular weight excluding hydrogens is 328 g/mol. The van der Waals surface area contributed by atoms with Crippen molar-refractivity contribution in [2.45, 2.75) is 6.92 Å². The molecular formula is C16H12N4O3S. The van der Waals surface area contributed by atoms with Crippen LogP contribution in [0.25, 0.3) is 16.3 Å². The van der Waals surface area contributed by atoms with E-state index in [0.29, 0.717) is 16.8 Å². The summed E-state index contributed by atoms with van der Waals surface area (Å²) in [6.07, 6.45) is 1.29. The van der Waals surface area contributed by atoms with E-state index in [9.17, 15) is 4.79 Å². The Morgan fingerprint density at radius 1 is 1.25 bits per heavy atom. The Bertz CT molecular complexity index is 912. The molecule has 1 amide bonds. The smallest absolute Gasteiger partial charge is 0.265 e. The summed E-state index contributed by atoms with van der Waals surface area (Å²) in [5, 5.41) is 4.73. The zero-order valence-corrected chi connectivity index (χ0v) is 13.7. The van der Waals surface area contributed by atoms with E-state index in [4.69, 9.17) is 9.26 Å². The largest absolute Gasteiger partial charge is 0.497 e. The molecule has 8 heteroatoms. The third-order valence-corrected chi connectivity index (χ3v) is 5.08. The lowest BCUT2D eigenvalue weighted by molar-refractivity contribution is -0.118. The minimum Gasteiger partial charge on any atom is -0.497 e. The molecule has 24 heavy (non-hydrogen) atoms. The number of benzene rings is 1. The molecule has 7 nitrogen and oxygen atoms in total. The van der Waals surface area contributed by atoms with Crippen LogP contribution in [0.3, 0.4) is 0 Å². The molecule has 2 aliphatic rings. The van der Waals surface area contributed by atoms with Crippen molar-refractivity contribution in [3.05, 3.63) is 35.7 Å². The molecule has 1 aromatic carbocycles. The number of amides is 1. The summed E-state index contributed by atoms with van der Waals surface area (Å²) in [5.41, 5.74) is 1.66. The first-order valence-electron chi connectivity index (χ1n) is 7.18. The van der Waals surface area contributed by atoms with E-state index in [-0.39, 0.29) is 5.91 Å². The van der Waals surface area contributed by atoms with E-state index >= 15 is 0 Å². The molecule has 2 aliphatic heterocycles. The van der Waals surface area contributed by atoms with Gasteiger partial charge in [-0.05, 0) is 36.8 Å². The van der Waals surface area contributed by atoms with Gasteiger partial charge in [-0.1, -0.05) is 16.9 Å². The van der Waals surface area contributed by atoms with Crippen LogP contribution in [0, 0.1) is 5.92 Å². The van der Waals surface area contributed by atoms with Crippen molar-refractivity contribution < 1.29 is 14.1 Å². The highest BCUT2D eigenvalue weighted by molar-refractivity contribution is 8.22. The molecule has 1 aromatic heterocycles. The standard InChI is InChI=1S/C16H12N4O3S/c1-8-11-14(21)17-7-18-16(11)24-12(8)15-19-13(20-23-15)9-3-5-10(22-2)6-4-9/h3-7,11H,1-2H3. The van der Waals surface area contributed by atoms with Crippen LogP contribution in [0.1, 0.15) is 12.8 Å². The fraction of sp³-hybridized carbons (Fsp3) is 0.188. The zero-order valence-electron chi connectivity index (χ0n) is 12.9. The van der Waals surface area contributed by atoms with Crippen LogP contribution in [0.15, 0.2) is 44.3 Å². The van der Waals surface area contributed by atoms with Gasteiger partial charge >= 0.3 is 0 Å². The van der Waals surface area contributed by atoms with Gasteiger partial charge < -0.3 is 9.26 Å². The zero-order chi connectivity index (χ0) is 16.7. The van der Waals surface area contributed by atoms with Crippen molar-refractivity contribution >= 4 is 34.0 Å². The monoisotopic (exact) mass is 340 g/mol. The van der Waals surface area contributed by atoms with Gasteiger partial charge in [-0.15, -0.1) is 0 Å². The van der Waals surface area contributed by atoms with E-state index in [1.165, 1.54) is 18.1 Å². The summed E-state index contributed by atoms with van der Waals surface area (Å²) in [6, 6.07) is 7.38. The molecule has 1 atom stereocenters. The maximum Gasteiger partial charge on any atom is 0.265 e. The predicted molar refractivity (Wildman–Crippen MR) is 90.9 cm³/mol. The Hall–Kier alpha value is -2.74. The van der Waals surface area contributed by atoms with E-state index in [2.05, 4.69) is 20.1 Å². The van der Waals surface area contributed by atoms with Crippen molar-refractivity contribution in [1.82, 2.24) is 10.1 Å². The Balaban J connectivity index is 1.66. The second-order valence-corrected chi connectivity index (χ2v) is 6.28. The maximum absolute atomic E-state index is 11.9. The molecule has 2 aromatic rings. The van der Waals surface area contributed by atoms with Gasteiger partial charge in [0.1, 0.15) is 18.0 Å². The van der Waals surface area contributed by atoms with Gasteiger partial charge in [0, 0.05) is 5.56 Å². The average Bonchev–Trinajstić information content (AvgIpc) is 3.21. The highest BCUT2D eigenvalue weighted by Gasteiger charge is 2.38. The lowest BCUT2D eigenvalue weighted by atomic mass is 10.0. The quantitative estimate of drug-likeness (QED) is 0.853. The Morgan fingerprint density at radius 3 is 2.75 bits per heavy atom. The third-order valence-electron chi connectivity index (χ3n) is 3.83. The molecule has 0 saturated heterocycles. The van der Waals surface area contributed by atoms with Gasteiger partial charge in [0.15, 0.2) is 0 Å². The van der Waals surface area contributed by atoms with Crippen LogP contribution in [-0.2, 0) is 4.79 Å². The van der Waals surface area contributed by atoms with Crippen LogP contribution >= 0.6 is 11.8 Å². The fourth-order valence-electron chi connectivity index (χ4n) is 2.55. The van der Waals surface area contributed by atoms with Crippen molar-refractivity contribution in [2.24, 2.45) is 15.9 Å². The van der Waals surface area contributed by atoms with E-state index in [1.807, 2.05) is 31.2 Å². The number of ether oxygens (including phenoxy) is 1. The van der Waals surface area contributed by atoms with Gasteiger partial charge in [0.2, 0.25) is 5.82 Å². The number of aromatic nitrogens is 2. The summed E-state index contributed by atoms with van der Waals surface area (Å²) >= 11 is 1.38. The predicted octanol–water partition coefficient (Wildman–Crippen LogP) is 2.81. The second-order valence-electron chi connectivity index (χ2n) is 5.25. The first kappa shape index (κ1) is 14.8. The molecule has 1 unspecified atom stereocenters. The highest BCUT2D eigenvalue weighted by Crippen LogP contribution is 2.45. The van der Waals surface area contributed by atoms with Crippen molar-refractivity contribution in [3.63, 3.8) is 0 Å². The van der Waals surface area contributed by atoms with E-state index in [1.54, 1.807) is 7.11 Å². The van der Waals surface area contributed by atoms with Crippen molar-refractivity contribution in [3.8, 4) is 17.1 Å². The molecule has 3 heterocycles. The Morgan fingerprint density at radius 2 is 2.04 bits per heavy atom. The molecule has 4 rings (SSSR count). The molecule has 0 aliphatic carbocycles. The van der Waals surface area contributed by atoms with Gasteiger partial charge in [-0.2, -0.15) is 4.98 Å². The van der Waals surface area contributed by atoms with Gasteiger partial charge in [0.25, 0.3) is 11.8 Å². The molecule has 0 N–H and O–H groups in total. The number of carbonyl (C=O) groups is 1. The summed E-state index contributed by atoms with van der Waals surface area (Å²) in [4.78, 5) is 25.1. The van der Waals surface area contributed by atoms with Crippen molar-refractivity contribution in [2.75, 3.05) is 7.11 Å². The number of hydrogen-bond acceptors (Lipinski definition) is 7. The summed E-state index contributed by atoms with van der Waals surface area (Å²) in [5.74, 6) is 0.982. The van der Waals surface area contributed by atoms with Crippen LogP contribution in [0.2, 0.25) is 0 Å². The molecule has 0 bridgehead atoms. The number of hydrogen-bond donors (Lipinski definition) is 0. The van der Waals surface area contributed by atoms with Crippen LogP contribution in [-0.4, -0.2) is 34.5 Å². The SMILES string of the molecule is COc1ccc(-c2noc(C3=C(C)C4C(=O)N=CN=C4S3)n2)cc1. The number of aliphatic imine (C=N–C) groups is 2. The number of methoxy groups -OCH3 is 1. The average molecular weight is 340 g/mol. The third kappa shape index (κ3) is 2.35. The van der Waals surface area contributed by atoms with Crippen LogP contribution in [0.4, 0.5) is 0 Å². The Kier molecular flexibility index (Phi) is 3.53. The van der Waals surface area contributed by atoms with Gasteiger partial charge in [-0.3, -0.25) is 4.79 Å².